The van der Waals surface area contributed by atoms with Gasteiger partial charge in [0.05, 0.1) is 4.88 Å². The number of thiophene rings is 1. The first-order valence-electron chi connectivity index (χ1n) is 5.21. The molecular formula is C14H12OS2. The molecule has 0 saturated heterocycles. The van der Waals surface area contributed by atoms with Crippen LogP contribution in [0.25, 0.3) is 6.08 Å². The molecule has 0 spiro atoms. The van der Waals surface area contributed by atoms with Crippen molar-refractivity contribution in [2.75, 3.05) is 0 Å². The lowest BCUT2D eigenvalue weighted by Crippen LogP contribution is -2.01. The minimum atomic E-state index is 0.498. The van der Waals surface area contributed by atoms with Gasteiger partial charge in [-0.15, -0.1) is 11.3 Å². The molecule has 0 bridgehead atoms. The molecule has 0 radical (unpaired) electrons. The highest BCUT2D eigenvalue weighted by molar-refractivity contribution is 7.80. The lowest BCUT2D eigenvalue weighted by Gasteiger charge is -2.06. The summed E-state index contributed by atoms with van der Waals surface area (Å²) >= 11 is 6.79. The highest BCUT2D eigenvalue weighted by Gasteiger charge is 2.03. The van der Waals surface area contributed by atoms with Crippen LogP contribution in [-0.2, 0) is 11.3 Å². The van der Waals surface area contributed by atoms with E-state index in [1.807, 2.05) is 47.9 Å². The Hall–Kier alpha value is -1.45. The molecule has 3 heteroatoms. The van der Waals surface area contributed by atoms with Crippen molar-refractivity contribution in [1.82, 2.24) is 0 Å². The molecule has 0 aliphatic heterocycles. The topological polar surface area (TPSA) is 9.23 Å². The lowest BCUT2D eigenvalue weighted by atomic mass is 10.1. The van der Waals surface area contributed by atoms with E-state index in [0.717, 1.165) is 16.0 Å². The highest BCUT2D eigenvalue weighted by Crippen LogP contribution is 2.13. The molecule has 1 aromatic heterocycles. The molecule has 2 rings (SSSR count). The molecule has 1 heterocycles. The fourth-order valence-electron chi connectivity index (χ4n) is 1.42. The van der Waals surface area contributed by atoms with E-state index in [0.29, 0.717) is 11.7 Å². The Morgan fingerprint density at radius 3 is 2.94 bits per heavy atom. The Balaban J connectivity index is 1.98. The van der Waals surface area contributed by atoms with Gasteiger partial charge in [0.15, 0.2) is 0 Å². The van der Waals surface area contributed by atoms with Gasteiger partial charge >= 0.3 is 0 Å². The van der Waals surface area contributed by atoms with Gasteiger partial charge in [-0.3, -0.25) is 0 Å². The maximum Gasteiger partial charge on any atom is 0.201 e. The maximum absolute atomic E-state index is 5.58. The second-order valence-electron chi connectivity index (χ2n) is 3.50. The largest absolute Gasteiger partial charge is 0.477 e. The summed E-state index contributed by atoms with van der Waals surface area (Å²) in [6, 6.07) is 12.0. The van der Waals surface area contributed by atoms with E-state index in [-0.39, 0.29) is 0 Å². The van der Waals surface area contributed by atoms with Crippen molar-refractivity contribution in [2.45, 2.75) is 6.61 Å². The van der Waals surface area contributed by atoms with E-state index in [4.69, 9.17) is 17.0 Å². The monoisotopic (exact) mass is 260 g/mol. The summed E-state index contributed by atoms with van der Waals surface area (Å²) in [7, 11) is 0. The molecule has 0 fully saturated rings. The van der Waals surface area contributed by atoms with Crippen LogP contribution in [0.4, 0.5) is 0 Å². The summed E-state index contributed by atoms with van der Waals surface area (Å²) in [6.45, 7) is 4.24. The number of hydrogen-bond donors (Lipinski definition) is 0. The first-order valence-corrected chi connectivity index (χ1v) is 6.50. The van der Waals surface area contributed by atoms with E-state index in [2.05, 4.69) is 6.58 Å². The van der Waals surface area contributed by atoms with E-state index in [9.17, 15) is 0 Å². The summed E-state index contributed by atoms with van der Waals surface area (Å²) in [6.07, 6.45) is 1.82. The molecule has 0 saturated carbocycles. The van der Waals surface area contributed by atoms with Crippen molar-refractivity contribution in [3.63, 3.8) is 0 Å². The summed E-state index contributed by atoms with van der Waals surface area (Å²) < 4.78 is 5.58. The van der Waals surface area contributed by atoms with Crippen LogP contribution >= 0.6 is 23.6 Å². The van der Waals surface area contributed by atoms with Crippen molar-refractivity contribution in [2.24, 2.45) is 0 Å². The normalized spacial score (nSPS) is 9.88. The van der Waals surface area contributed by atoms with Crippen LogP contribution < -0.4 is 0 Å². The Labute approximate surface area is 110 Å². The first kappa shape index (κ1) is 12.0. The SMILES string of the molecule is C=Cc1cccc(COC(=S)c2cccs2)c1. The minimum absolute atomic E-state index is 0.498. The fourth-order valence-corrected chi connectivity index (χ4v) is 2.31. The number of thiocarbonyl (C=S) groups is 1. The molecule has 0 aliphatic carbocycles. The Bertz CT molecular complexity index is 515. The molecule has 86 valence electrons. The minimum Gasteiger partial charge on any atom is -0.477 e. The van der Waals surface area contributed by atoms with Crippen LogP contribution in [0.3, 0.4) is 0 Å². The zero-order valence-electron chi connectivity index (χ0n) is 9.26. The Morgan fingerprint density at radius 1 is 1.35 bits per heavy atom. The summed E-state index contributed by atoms with van der Waals surface area (Å²) in [5.74, 6) is 0. The number of rotatable bonds is 4. The average molecular weight is 260 g/mol. The second kappa shape index (κ2) is 5.75. The van der Waals surface area contributed by atoms with Crippen LogP contribution in [0.1, 0.15) is 16.0 Å². The molecule has 2 aromatic rings. The number of hydrogen-bond acceptors (Lipinski definition) is 3. The number of benzene rings is 1. The second-order valence-corrected chi connectivity index (χ2v) is 4.82. The van der Waals surface area contributed by atoms with Gasteiger partial charge in [0, 0.05) is 0 Å². The third-order valence-electron chi connectivity index (χ3n) is 2.28. The van der Waals surface area contributed by atoms with Gasteiger partial charge in [0.1, 0.15) is 6.61 Å². The molecule has 0 aliphatic rings. The van der Waals surface area contributed by atoms with Gasteiger partial charge in [0.25, 0.3) is 0 Å². The summed E-state index contributed by atoms with van der Waals surface area (Å²) in [5.41, 5.74) is 2.19. The predicted molar refractivity (Wildman–Crippen MR) is 77.3 cm³/mol. The molecule has 17 heavy (non-hydrogen) atoms. The maximum atomic E-state index is 5.58. The van der Waals surface area contributed by atoms with Crippen LogP contribution in [0.15, 0.2) is 48.4 Å². The number of ether oxygens (including phenoxy) is 1. The van der Waals surface area contributed by atoms with Crippen molar-refractivity contribution >= 4 is 34.7 Å². The molecule has 0 N–H and O–H groups in total. The lowest BCUT2D eigenvalue weighted by molar-refractivity contribution is 0.303. The molecule has 0 amide bonds. The Kier molecular flexibility index (Phi) is 4.07. The van der Waals surface area contributed by atoms with Crippen molar-refractivity contribution in [3.05, 3.63) is 64.4 Å². The molecule has 1 nitrogen and oxygen atoms in total. The Morgan fingerprint density at radius 2 is 2.24 bits per heavy atom. The average Bonchev–Trinajstić information content (AvgIpc) is 2.90. The third kappa shape index (κ3) is 3.25. The van der Waals surface area contributed by atoms with Crippen molar-refractivity contribution < 1.29 is 4.74 Å². The molecular weight excluding hydrogens is 248 g/mol. The predicted octanol–water partition coefficient (Wildman–Crippen LogP) is 4.28. The summed E-state index contributed by atoms with van der Waals surface area (Å²) in [4.78, 5) is 1.000. The zero-order valence-corrected chi connectivity index (χ0v) is 10.9. The van der Waals surface area contributed by atoms with Gasteiger partial charge in [-0.25, -0.2) is 0 Å². The highest BCUT2D eigenvalue weighted by atomic mass is 32.1. The van der Waals surface area contributed by atoms with Crippen LogP contribution in [0.2, 0.25) is 0 Å². The fraction of sp³-hybridized carbons (Fsp3) is 0.0714. The molecule has 1 aromatic carbocycles. The van der Waals surface area contributed by atoms with Crippen LogP contribution in [0, 0.1) is 0 Å². The van der Waals surface area contributed by atoms with Gasteiger partial charge in [-0.05, 0) is 40.9 Å². The van der Waals surface area contributed by atoms with Gasteiger partial charge in [-0.1, -0.05) is 36.9 Å². The summed E-state index contributed by atoms with van der Waals surface area (Å²) in [5, 5.41) is 2.55. The van der Waals surface area contributed by atoms with E-state index >= 15 is 0 Å². The van der Waals surface area contributed by atoms with Gasteiger partial charge in [0.2, 0.25) is 5.05 Å². The van der Waals surface area contributed by atoms with Gasteiger partial charge in [-0.2, -0.15) is 0 Å². The van der Waals surface area contributed by atoms with Crippen LogP contribution in [0.5, 0.6) is 0 Å². The zero-order chi connectivity index (χ0) is 12.1. The van der Waals surface area contributed by atoms with E-state index in [1.54, 1.807) is 11.3 Å². The van der Waals surface area contributed by atoms with Crippen LogP contribution in [-0.4, -0.2) is 5.05 Å². The quantitative estimate of drug-likeness (QED) is 0.759. The molecule has 0 unspecified atom stereocenters. The van der Waals surface area contributed by atoms with Crippen molar-refractivity contribution in [3.8, 4) is 0 Å². The third-order valence-corrected chi connectivity index (χ3v) is 3.61. The van der Waals surface area contributed by atoms with Gasteiger partial charge < -0.3 is 4.74 Å². The first-order chi connectivity index (χ1) is 8.29. The van der Waals surface area contributed by atoms with E-state index < -0.39 is 0 Å². The molecule has 0 atom stereocenters. The standard InChI is InChI=1S/C14H12OS2/c1-2-11-5-3-6-12(9-11)10-15-14(16)13-7-4-8-17-13/h2-9H,1,10H2. The smallest absolute Gasteiger partial charge is 0.201 e. The van der Waals surface area contributed by atoms with Crippen molar-refractivity contribution in [1.29, 1.82) is 0 Å². The van der Waals surface area contributed by atoms with E-state index in [1.165, 1.54) is 0 Å².